The van der Waals surface area contributed by atoms with Gasteiger partial charge in [-0.1, -0.05) is 13.8 Å². The highest BCUT2D eigenvalue weighted by Crippen LogP contribution is 2.22. The minimum Gasteiger partial charge on any atom is -0.497 e. The van der Waals surface area contributed by atoms with Crippen molar-refractivity contribution in [2.75, 3.05) is 19.5 Å². The first kappa shape index (κ1) is 15.3. The molecule has 102 valence electrons. The molecular formula is C14H23NO2S. The Kier molecular flexibility index (Phi) is 7.16. The Morgan fingerprint density at radius 2 is 1.94 bits per heavy atom. The Labute approximate surface area is 114 Å². The topological polar surface area (TPSA) is 41.5 Å². The van der Waals surface area contributed by atoms with Crippen molar-refractivity contribution in [1.29, 1.82) is 0 Å². The van der Waals surface area contributed by atoms with Crippen LogP contribution < -0.4 is 10.1 Å². The molecule has 0 fully saturated rings. The van der Waals surface area contributed by atoms with Crippen LogP contribution in [0.5, 0.6) is 5.75 Å². The molecule has 1 unspecified atom stereocenters. The van der Waals surface area contributed by atoms with Gasteiger partial charge < -0.3 is 15.2 Å². The minimum absolute atomic E-state index is 0.191. The molecule has 1 aromatic carbocycles. The molecule has 0 aliphatic rings. The monoisotopic (exact) mass is 269 g/mol. The predicted molar refractivity (Wildman–Crippen MR) is 77.5 cm³/mol. The molecule has 0 saturated heterocycles. The number of thioether (sulfide) groups is 1. The summed E-state index contributed by atoms with van der Waals surface area (Å²) in [6.45, 7) is 4.39. The van der Waals surface area contributed by atoms with Crippen LogP contribution >= 0.6 is 11.8 Å². The smallest absolute Gasteiger partial charge is 0.118 e. The molecule has 0 saturated carbocycles. The lowest BCUT2D eigenvalue weighted by Crippen LogP contribution is -2.37. The maximum Gasteiger partial charge on any atom is 0.118 e. The number of benzene rings is 1. The quantitative estimate of drug-likeness (QED) is 0.712. The molecule has 4 heteroatoms. The Balaban J connectivity index is 2.31. The van der Waals surface area contributed by atoms with Gasteiger partial charge in [-0.3, -0.25) is 0 Å². The molecule has 18 heavy (non-hydrogen) atoms. The molecule has 0 bridgehead atoms. The maximum atomic E-state index is 9.25. The predicted octanol–water partition coefficient (Wildman–Crippen LogP) is 2.54. The van der Waals surface area contributed by atoms with Crippen molar-refractivity contribution in [3.63, 3.8) is 0 Å². The third kappa shape index (κ3) is 5.76. The number of methoxy groups -OCH3 is 1. The summed E-state index contributed by atoms with van der Waals surface area (Å²) in [5.74, 6) is 1.88. The van der Waals surface area contributed by atoms with Gasteiger partial charge >= 0.3 is 0 Å². The second-order valence-electron chi connectivity index (χ2n) is 4.51. The van der Waals surface area contributed by atoms with Crippen LogP contribution in [0.2, 0.25) is 0 Å². The van der Waals surface area contributed by atoms with Gasteiger partial charge in [-0.25, -0.2) is 0 Å². The van der Waals surface area contributed by atoms with E-state index in [1.807, 2.05) is 12.1 Å². The number of hydrogen-bond acceptors (Lipinski definition) is 4. The summed E-state index contributed by atoms with van der Waals surface area (Å²) in [7, 11) is 1.67. The van der Waals surface area contributed by atoms with Gasteiger partial charge in [0.25, 0.3) is 0 Å². The van der Waals surface area contributed by atoms with Crippen molar-refractivity contribution >= 4 is 11.8 Å². The van der Waals surface area contributed by atoms with Crippen LogP contribution in [-0.4, -0.2) is 36.7 Å². The Hall–Kier alpha value is -0.710. The number of nitrogens with one attached hydrogen (secondary N) is 1. The second kappa shape index (κ2) is 8.40. The molecule has 3 nitrogen and oxygen atoms in total. The zero-order valence-electron chi connectivity index (χ0n) is 11.3. The van der Waals surface area contributed by atoms with Crippen LogP contribution in [0.25, 0.3) is 0 Å². The Morgan fingerprint density at radius 3 is 2.44 bits per heavy atom. The van der Waals surface area contributed by atoms with Crippen molar-refractivity contribution < 1.29 is 9.84 Å². The summed E-state index contributed by atoms with van der Waals surface area (Å²) in [5, 5.41) is 12.6. The van der Waals surface area contributed by atoms with Gasteiger partial charge in [-0.05, 0) is 36.4 Å². The van der Waals surface area contributed by atoms with E-state index in [0.717, 1.165) is 17.9 Å². The van der Waals surface area contributed by atoms with Crippen LogP contribution in [-0.2, 0) is 0 Å². The lowest BCUT2D eigenvalue weighted by atomic mass is 10.2. The van der Waals surface area contributed by atoms with Crippen molar-refractivity contribution in [1.82, 2.24) is 5.32 Å². The average Bonchev–Trinajstić information content (AvgIpc) is 2.38. The van der Waals surface area contributed by atoms with Gasteiger partial charge in [0.15, 0.2) is 0 Å². The third-order valence-electron chi connectivity index (χ3n) is 2.58. The highest BCUT2D eigenvalue weighted by atomic mass is 32.2. The second-order valence-corrected chi connectivity index (χ2v) is 5.68. The first-order valence-corrected chi connectivity index (χ1v) is 7.28. The fourth-order valence-corrected chi connectivity index (χ4v) is 2.66. The van der Waals surface area contributed by atoms with E-state index < -0.39 is 0 Å². The lowest BCUT2D eigenvalue weighted by molar-refractivity contribution is 0.232. The van der Waals surface area contributed by atoms with Crippen LogP contribution in [0.1, 0.15) is 20.3 Å². The number of ether oxygens (including phenoxy) is 1. The van der Waals surface area contributed by atoms with Crippen LogP contribution in [0.4, 0.5) is 0 Å². The van der Waals surface area contributed by atoms with E-state index in [1.165, 1.54) is 4.90 Å². The normalized spacial score (nSPS) is 12.7. The molecule has 0 aromatic heterocycles. The van der Waals surface area contributed by atoms with Gasteiger partial charge in [-0.15, -0.1) is 11.8 Å². The van der Waals surface area contributed by atoms with Crippen molar-refractivity contribution in [3.8, 4) is 5.75 Å². The van der Waals surface area contributed by atoms with Gasteiger partial charge in [0.1, 0.15) is 5.75 Å². The summed E-state index contributed by atoms with van der Waals surface area (Å²) in [4.78, 5) is 1.23. The van der Waals surface area contributed by atoms with Crippen molar-refractivity contribution in [2.24, 2.45) is 0 Å². The maximum absolute atomic E-state index is 9.25. The van der Waals surface area contributed by atoms with Gasteiger partial charge in [0, 0.05) is 17.0 Å². The van der Waals surface area contributed by atoms with E-state index in [2.05, 4.69) is 31.3 Å². The third-order valence-corrected chi connectivity index (χ3v) is 3.63. The number of aliphatic hydroxyl groups is 1. The lowest BCUT2D eigenvalue weighted by Gasteiger charge is -2.18. The zero-order valence-corrected chi connectivity index (χ0v) is 12.2. The largest absolute Gasteiger partial charge is 0.497 e. The zero-order chi connectivity index (χ0) is 13.4. The highest BCUT2D eigenvalue weighted by molar-refractivity contribution is 7.99. The minimum atomic E-state index is 0.191. The van der Waals surface area contributed by atoms with E-state index in [1.54, 1.807) is 18.9 Å². The Morgan fingerprint density at radius 1 is 1.28 bits per heavy atom. The van der Waals surface area contributed by atoms with Gasteiger partial charge in [-0.2, -0.15) is 0 Å². The fourth-order valence-electron chi connectivity index (χ4n) is 1.69. The fraction of sp³-hybridized carbons (Fsp3) is 0.571. The van der Waals surface area contributed by atoms with E-state index in [0.29, 0.717) is 6.04 Å². The van der Waals surface area contributed by atoms with Gasteiger partial charge in [0.2, 0.25) is 0 Å². The van der Waals surface area contributed by atoms with E-state index in [4.69, 9.17) is 4.74 Å². The Bertz CT molecular complexity index is 327. The summed E-state index contributed by atoms with van der Waals surface area (Å²) >= 11 is 1.80. The molecule has 1 aromatic rings. The molecule has 0 radical (unpaired) electrons. The molecular weight excluding hydrogens is 246 g/mol. The molecule has 1 rings (SSSR count). The SMILES string of the molecule is COc1ccc(SCCC(CO)NC(C)C)cc1. The van der Waals surface area contributed by atoms with E-state index >= 15 is 0 Å². The average molecular weight is 269 g/mol. The summed E-state index contributed by atoms with van der Waals surface area (Å²) < 4.78 is 5.12. The standard InChI is InChI=1S/C14H23NO2S/c1-11(2)15-12(10-16)8-9-18-14-6-4-13(17-3)5-7-14/h4-7,11-12,15-16H,8-10H2,1-3H3. The molecule has 0 aliphatic heterocycles. The number of rotatable bonds is 8. The van der Waals surface area contributed by atoms with Crippen LogP contribution in [0, 0.1) is 0 Å². The van der Waals surface area contributed by atoms with Crippen LogP contribution in [0.3, 0.4) is 0 Å². The van der Waals surface area contributed by atoms with Crippen molar-refractivity contribution in [3.05, 3.63) is 24.3 Å². The summed E-state index contributed by atoms with van der Waals surface area (Å²) in [6.07, 6.45) is 0.964. The molecule has 1 atom stereocenters. The summed E-state index contributed by atoms with van der Waals surface area (Å²) in [6, 6.07) is 8.67. The number of aliphatic hydroxyl groups excluding tert-OH is 1. The molecule has 0 aliphatic carbocycles. The van der Waals surface area contributed by atoms with E-state index in [9.17, 15) is 5.11 Å². The first-order valence-electron chi connectivity index (χ1n) is 6.29. The first-order chi connectivity index (χ1) is 8.65. The van der Waals surface area contributed by atoms with Gasteiger partial charge in [0.05, 0.1) is 13.7 Å². The summed E-state index contributed by atoms with van der Waals surface area (Å²) in [5.41, 5.74) is 0. The van der Waals surface area contributed by atoms with E-state index in [-0.39, 0.29) is 12.6 Å². The molecule has 2 N–H and O–H groups in total. The molecule has 0 spiro atoms. The molecule has 0 amide bonds. The van der Waals surface area contributed by atoms with Crippen LogP contribution in [0.15, 0.2) is 29.2 Å². The van der Waals surface area contributed by atoms with Crippen molar-refractivity contribution in [2.45, 2.75) is 37.2 Å². The highest BCUT2D eigenvalue weighted by Gasteiger charge is 2.08. The molecule has 0 heterocycles. The number of hydrogen-bond donors (Lipinski definition) is 2.